The van der Waals surface area contributed by atoms with Gasteiger partial charge in [0.15, 0.2) is 5.78 Å². The van der Waals surface area contributed by atoms with Crippen LogP contribution in [-0.4, -0.2) is 59.1 Å². The lowest BCUT2D eigenvalue weighted by molar-refractivity contribution is -0.114. The van der Waals surface area contributed by atoms with Gasteiger partial charge in [-0.05, 0) is 54.3 Å². The fraction of sp³-hybridized carbons (Fsp3) is 0.333. The first-order valence-electron chi connectivity index (χ1n) is 12.7. The molecule has 0 aromatic heterocycles. The number of hydrogen-bond acceptors (Lipinski definition) is 7. The summed E-state index contributed by atoms with van der Waals surface area (Å²) in [6, 6.07) is 10.4. The number of fused-ring (bicyclic) bond motifs is 2. The quantitative estimate of drug-likeness (QED) is 0.416. The smallest absolute Gasteiger partial charge is 0.261 e. The van der Waals surface area contributed by atoms with Crippen LogP contribution in [0.2, 0.25) is 5.02 Å². The van der Waals surface area contributed by atoms with Crippen LogP contribution in [-0.2, 0) is 16.0 Å². The number of carbonyl (C=O) groups excluding carboxylic acids is 3. The SMILES string of the molecule is C.O=C1CC=CC(=NC[C@@H](O)c2cccc(Cl)c2)C1=C1Cc2cc3c(cc2N1)C(=O)N(C[C@@H]1CCCO1)C3=O. The summed E-state index contributed by atoms with van der Waals surface area (Å²) in [5.41, 5.74) is 4.54. The molecule has 0 saturated carbocycles. The van der Waals surface area contributed by atoms with E-state index in [1.807, 2.05) is 0 Å². The zero-order valence-electron chi connectivity index (χ0n) is 20.6. The third kappa shape index (κ3) is 5.07. The lowest BCUT2D eigenvalue weighted by Crippen LogP contribution is -2.36. The van der Waals surface area contributed by atoms with Crippen LogP contribution in [0.1, 0.15) is 64.6 Å². The van der Waals surface area contributed by atoms with E-state index in [-0.39, 0.29) is 50.6 Å². The number of amides is 2. The maximum absolute atomic E-state index is 13.1. The number of ether oxygens (including phenoxy) is 1. The molecular weight excluding hydrogens is 518 g/mol. The monoisotopic (exact) mass is 547 g/mol. The molecule has 3 heterocycles. The van der Waals surface area contributed by atoms with Gasteiger partial charge in [-0.2, -0.15) is 0 Å². The molecule has 1 aliphatic carbocycles. The molecule has 1 saturated heterocycles. The van der Waals surface area contributed by atoms with Gasteiger partial charge in [0.25, 0.3) is 11.8 Å². The number of ketones is 1. The molecule has 0 spiro atoms. The first kappa shape index (κ1) is 27.0. The van der Waals surface area contributed by atoms with Crippen LogP contribution in [0, 0.1) is 0 Å². The number of aliphatic hydroxyl groups is 1. The first-order valence-corrected chi connectivity index (χ1v) is 13.1. The number of halogens is 1. The molecule has 1 fully saturated rings. The predicted octanol–water partition coefficient (Wildman–Crippen LogP) is 4.68. The Morgan fingerprint density at radius 3 is 2.69 bits per heavy atom. The molecule has 2 amide bonds. The van der Waals surface area contributed by atoms with Crippen molar-refractivity contribution in [3.63, 3.8) is 0 Å². The molecule has 4 aliphatic rings. The van der Waals surface area contributed by atoms with E-state index in [4.69, 9.17) is 16.3 Å². The summed E-state index contributed by atoms with van der Waals surface area (Å²) in [6.07, 6.45) is 4.98. The van der Waals surface area contributed by atoms with Crippen molar-refractivity contribution in [3.05, 3.63) is 87.1 Å². The standard InChI is InChI=1S/C29H26ClN3O5.CH4/c30-18-5-1-4-16(10-18)26(35)14-31-22-7-2-8-25(34)27(22)24-12-17-11-20-21(13-23(17)32-24)29(37)33(28(20)36)15-19-6-3-9-38-19;/h1-2,4-5,7,10-11,13,19,26,32,35H,3,6,8-9,12,14-15H2;1H4/t19-,26+;/m0./s1. The van der Waals surface area contributed by atoms with Crippen LogP contribution in [0.5, 0.6) is 0 Å². The van der Waals surface area contributed by atoms with Gasteiger partial charge in [-0.15, -0.1) is 0 Å². The van der Waals surface area contributed by atoms with Crippen molar-refractivity contribution < 1.29 is 24.2 Å². The molecule has 3 aliphatic heterocycles. The van der Waals surface area contributed by atoms with E-state index in [2.05, 4.69) is 10.3 Å². The lowest BCUT2D eigenvalue weighted by atomic mass is 9.93. The molecule has 2 atom stereocenters. The number of hydrogen-bond donors (Lipinski definition) is 2. The van der Waals surface area contributed by atoms with Crippen molar-refractivity contribution in [1.82, 2.24) is 4.90 Å². The second-order valence-corrected chi connectivity index (χ2v) is 10.3. The second kappa shape index (κ2) is 10.9. The van der Waals surface area contributed by atoms with E-state index in [1.165, 1.54) is 4.90 Å². The maximum atomic E-state index is 13.1. The highest BCUT2D eigenvalue weighted by Crippen LogP contribution is 2.37. The largest absolute Gasteiger partial charge is 0.386 e. The second-order valence-electron chi connectivity index (χ2n) is 9.89. The number of carbonyl (C=O) groups is 3. The Hall–Kier alpha value is -3.59. The Labute approximate surface area is 232 Å². The van der Waals surface area contributed by atoms with Crippen LogP contribution >= 0.6 is 11.6 Å². The Morgan fingerprint density at radius 1 is 1.15 bits per heavy atom. The Kier molecular flexibility index (Phi) is 7.53. The van der Waals surface area contributed by atoms with Crippen molar-refractivity contribution in [2.24, 2.45) is 4.99 Å². The van der Waals surface area contributed by atoms with Gasteiger partial charge in [-0.1, -0.05) is 37.2 Å². The molecule has 2 aromatic carbocycles. The molecular formula is C30H30ClN3O5. The minimum Gasteiger partial charge on any atom is -0.386 e. The fourth-order valence-electron chi connectivity index (χ4n) is 5.41. The summed E-state index contributed by atoms with van der Waals surface area (Å²) >= 11 is 6.04. The molecule has 0 radical (unpaired) electrons. The number of nitrogens with zero attached hydrogens (tertiary/aromatic N) is 2. The number of aliphatic imine (C=N–C) groups is 1. The highest BCUT2D eigenvalue weighted by molar-refractivity contribution is 6.30. The average Bonchev–Trinajstić information content (AvgIpc) is 3.62. The average molecular weight is 548 g/mol. The molecule has 2 N–H and O–H groups in total. The van der Waals surface area contributed by atoms with Crippen molar-refractivity contribution in [1.29, 1.82) is 0 Å². The van der Waals surface area contributed by atoms with E-state index in [9.17, 15) is 19.5 Å². The number of nitrogens with one attached hydrogen (secondary N) is 1. The van der Waals surface area contributed by atoms with E-state index >= 15 is 0 Å². The molecule has 9 heteroatoms. The number of benzene rings is 2. The van der Waals surface area contributed by atoms with Crippen LogP contribution in [0.25, 0.3) is 0 Å². The molecule has 0 bridgehead atoms. The summed E-state index contributed by atoms with van der Waals surface area (Å²) in [7, 11) is 0. The molecule has 2 aromatic rings. The van der Waals surface area contributed by atoms with Crippen molar-refractivity contribution in [2.75, 3.05) is 25.0 Å². The summed E-state index contributed by atoms with van der Waals surface area (Å²) in [5, 5.41) is 14.4. The Morgan fingerprint density at radius 2 is 1.95 bits per heavy atom. The minimum atomic E-state index is -0.871. The zero-order chi connectivity index (χ0) is 26.4. The summed E-state index contributed by atoms with van der Waals surface area (Å²) < 4.78 is 5.62. The van der Waals surface area contributed by atoms with Crippen molar-refractivity contribution >= 4 is 40.6 Å². The zero-order valence-corrected chi connectivity index (χ0v) is 21.3. The number of aliphatic hydroxyl groups excluding tert-OH is 1. The summed E-state index contributed by atoms with van der Waals surface area (Å²) in [5.74, 6) is -0.709. The number of Topliss-reactive ketones (excluding diaryl/α,β-unsaturated/α-hetero) is 1. The van der Waals surface area contributed by atoms with E-state index in [0.717, 1.165) is 18.4 Å². The van der Waals surface area contributed by atoms with E-state index < -0.39 is 6.10 Å². The van der Waals surface area contributed by atoms with Gasteiger partial charge >= 0.3 is 0 Å². The van der Waals surface area contributed by atoms with Crippen LogP contribution in [0.4, 0.5) is 5.69 Å². The van der Waals surface area contributed by atoms with Gasteiger partial charge < -0.3 is 15.2 Å². The Bertz CT molecular complexity index is 1410. The van der Waals surface area contributed by atoms with Crippen LogP contribution < -0.4 is 5.32 Å². The summed E-state index contributed by atoms with van der Waals surface area (Å²) in [6.45, 7) is 0.985. The maximum Gasteiger partial charge on any atom is 0.261 e. The van der Waals surface area contributed by atoms with E-state index in [1.54, 1.807) is 48.6 Å². The molecule has 0 unspecified atom stereocenters. The molecule has 8 nitrogen and oxygen atoms in total. The van der Waals surface area contributed by atoms with Gasteiger partial charge in [0.05, 0.1) is 47.7 Å². The lowest BCUT2D eigenvalue weighted by Gasteiger charge is -2.18. The van der Waals surface area contributed by atoms with Gasteiger partial charge in [0.1, 0.15) is 0 Å². The normalized spacial score (nSPS) is 23.6. The number of anilines is 1. The molecule has 39 heavy (non-hydrogen) atoms. The third-order valence-corrected chi connectivity index (χ3v) is 7.58. The van der Waals surface area contributed by atoms with E-state index in [0.29, 0.717) is 57.4 Å². The van der Waals surface area contributed by atoms with Gasteiger partial charge in [0.2, 0.25) is 0 Å². The summed E-state index contributed by atoms with van der Waals surface area (Å²) in [4.78, 5) is 45.0. The number of rotatable bonds is 5. The highest BCUT2D eigenvalue weighted by Gasteiger charge is 2.39. The number of allylic oxidation sites excluding steroid dienone is 4. The van der Waals surface area contributed by atoms with Crippen molar-refractivity contribution in [3.8, 4) is 0 Å². The van der Waals surface area contributed by atoms with Crippen molar-refractivity contribution in [2.45, 2.75) is 45.3 Å². The number of imide groups is 1. The predicted molar refractivity (Wildman–Crippen MR) is 149 cm³/mol. The first-order chi connectivity index (χ1) is 18.4. The highest BCUT2D eigenvalue weighted by atomic mass is 35.5. The Balaban J connectivity index is 0.00000308. The van der Waals surface area contributed by atoms with Crippen LogP contribution in [0.15, 0.2) is 64.8 Å². The minimum absolute atomic E-state index is 0. The molecule has 202 valence electrons. The van der Waals surface area contributed by atoms with Crippen LogP contribution in [0.3, 0.4) is 0 Å². The third-order valence-electron chi connectivity index (χ3n) is 7.34. The van der Waals surface area contributed by atoms with Gasteiger partial charge in [-0.3, -0.25) is 24.3 Å². The van der Waals surface area contributed by atoms with Gasteiger partial charge in [0, 0.05) is 35.9 Å². The fourth-order valence-corrected chi connectivity index (χ4v) is 5.61. The molecule has 6 rings (SSSR count). The van der Waals surface area contributed by atoms with Gasteiger partial charge in [-0.25, -0.2) is 0 Å². The topological polar surface area (TPSA) is 108 Å².